The second-order valence-corrected chi connectivity index (χ2v) is 7.73. The highest BCUT2D eigenvalue weighted by Gasteiger charge is 2.41. The van der Waals surface area contributed by atoms with Gasteiger partial charge in [-0.05, 0) is 26.1 Å². The van der Waals surface area contributed by atoms with Crippen molar-refractivity contribution in [2.75, 3.05) is 18.6 Å². The Morgan fingerprint density at radius 2 is 2.18 bits per heavy atom. The first-order valence-electron chi connectivity index (χ1n) is 7.04. The van der Waals surface area contributed by atoms with Gasteiger partial charge in [-0.2, -0.15) is 0 Å². The molecule has 5 nitrogen and oxygen atoms in total. The second-order valence-electron chi connectivity index (χ2n) is 5.58. The van der Waals surface area contributed by atoms with Crippen LogP contribution in [0.25, 0.3) is 0 Å². The second kappa shape index (κ2) is 6.14. The quantitative estimate of drug-likeness (QED) is 0.878. The summed E-state index contributed by atoms with van der Waals surface area (Å²) < 4.78 is 0. The van der Waals surface area contributed by atoms with E-state index in [1.165, 1.54) is 0 Å². The van der Waals surface area contributed by atoms with Crippen LogP contribution < -0.4 is 0 Å². The Labute approximate surface area is 137 Å². The Morgan fingerprint density at radius 1 is 1.41 bits per heavy atom. The fourth-order valence-electron chi connectivity index (χ4n) is 2.73. The maximum absolute atomic E-state index is 11.2. The molecule has 3 atom stereocenters. The lowest BCUT2D eigenvalue weighted by atomic mass is 10.1. The highest BCUT2D eigenvalue weighted by Crippen LogP contribution is 2.37. The highest BCUT2D eigenvalue weighted by molar-refractivity contribution is 8.14. The number of hydrogen-bond donors (Lipinski definition) is 2. The number of likely N-dealkylation sites (N-methyl/N-ethyl adjacent to an activating group) is 1. The summed E-state index contributed by atoms with van der Waals surface area (Å²) in [5, 5.41) is 20.2. The molecule has 2 aliphatic rings. The minimum absolute atomic E-state index is 0.0549. The van der Waals surface area contributed by atoms with Crippen LogP contribution in [0.1, 0.15) is 11.1 Å². The van der Waals surface area contributed by atoms with Gasteiger partial charge in [-0.15, -0.1) is 23.5 Å². The van der Waals surface area contributed by atoms with Crippen LogP contribution in [0.3, 0.4) is 0 Å². The first-order valence-corrected chi connectivity index (χ1v) is 9.07. The van der Waals surface area contributed by atoms with Crippen molar-refractivity contribution in [3.05, 3.63) is 29.3 Å². The number of rotatable bonds is 3. The molecule has 3 rings (SSSR count). The van der Waals surface area contributed by atoms with Crippen molar-refractivity contribution in [2.45, 2.75) is 24.4 Å². The Hall–Kier alpha value is -1.18. The lowest BCUT2D eigenvalue weighted by Crippen LogP contribution is -2.42. The van der Waals surface area contributed by atoms with Gasteiger partial charge in [0.05, 0.1) is 11.4 Å². The zero-order valence-corrected chi connectivity index (χ0v) is 14.0. The summed E-state index contributed by atoms with van der Waals surface area (Å²) in [7, 11) is 1.85. The van der Waals surface area contributed by atoms with Gasteiger partial charge in [-0.1, -0.05) is 11.6 Å². The van der Waals surface area contributed by atoms with Crippen molar-refractivity contribution in [1.82, 2.24) is 4.90 Å². The number of nitrogens with zero attached hydrogens (tertiary/aromatic N) is 2. The molecular formula is C15H18N2O3S2. The third-order valence-corrected chi connectivity index (χ3v) is 6.59. The molecule has 1 aromatic rings. The Morgan fingerprint density at radius 3 is 2.86 bits per heavy atom. The van der Waals surface area contributed by atoms with Crippen LogP contribution in [0.5, 0.6) is 5.75 Å². The van der Waals surface area contributed by atoms with E-state index in [1.807, 2.05) is 31.0 Å². The molecule has 118 valence electrons. The molecular weight excluding hydrogens is 320 g/mol. The molecule has 2 aliphatic heterocycles. The third kappa shape index (κ3) is 2.85. The number of aliphatic carboxylic acids is 1. The summed E-state index contributed by atoms with van der Waals surface area (Å²) in [6.07, 6.45) is 0. The third-order valence-electron chi connectivity index (χ3n) is 3.99. The lowest BCUT2D eigenvalue weighted by Gasteiger charge is -2.24. The van der Waals surface area contributed by atoms with Gasteiger partial charge in [0.25, 0.3) is 0 Å². The number of aryl methyl sites for hydroxylation is 1. The predicted octanol–water partition coefficient (Wildman–Crippen LogP) is 2.02. The largest absolute Gasteiger partial charge is 0.507 e. The average Bonchev–Trinajstić information content (AvgIpc) is 3.07. The van der Waals surface area contributed by atoms with E-state index < -0.39 is 12.0 Å². The summed E-state index contributed by atoms with van der Waals surface area (Å²) in [4.78, 5) is 17.9. The van der Waals surface area contributed by atoms with Crippen molar-refractivity contribution in [3.8, 4) is 5.75 Å². The highest BCUT2D eigenvalue weighted by atomic mass is 32.2. The first kappa shape index (κ1) is 15.7. The van der Waals surface area contributed by atoms with E-state index >= 15 is 0 Å². The Balaban J connectivity index is 1.80. The van der Waals surface area contributed by atoms with Gasteiger partial charge >= 0.3 is 5.97 Å². The molecule has 0 amide bonds. The van der Waals surface area contributed by atoms with Gasteiger partial charge in [-0.25, -0.2) is 0 Å². The van der Waals surface area contributed by atoms with Gasteiger partial charge in [-0.3, -0.25) is 14.7 Å². The number of carboxylic acid groups (broad SMARTS) is 1. The van der Waals surface area contributed by atoms with Gasteiger partial charge < -0.3 is 10.2 Å². The van der Waals surface area contributed by atoms with Crippen LogP contribution in [-0.2, 0) is 4.79 Å². The number of carbonyl (C=O) groups is 1. The standard InChI is InChI=1S/C15H18N2O3S2/c1-8-3-4-12(18)9(5-8)13-16-10(6-21-13)14-17(2)11(7-22-14)15(19)20/h3-5,10-11,14,18H,6-7H2,1-2H3,(H,19,20)/t10-,11-,14-/m1/s1. The van der Waals surface area contributed by atoms with Crippen LogP contribution in [-0.4, -0.2) is 62.1 Å². The van der Waals surface area contributed by atoms with Crippen molar-refractivity contribution in [3.63, 3.8) is 0 Å². The number of phenolic OH excluding ortho intramolecular Hbond substituents is 1. The number of aromatic hydroxyl groups is 1. The number of carboxylic acids is 1. The number of hydrogen-bond acceptors (Lipinski definition) is 6. The zero-order valence-electron chi connectivity index (χ0n) is 12.4. The molecule has 0 aromatic heterocycles. The van der Waals surface area contributed by atoms with E-state index in [0.29, 0.717) is 5.75 Å². The first-order chi connectivity index (χ1) is 10.5. The van der Waals surface area contributed by atoms with E-state index in [0.717, 1.165) is 21.9 Å². The smallest absolute Gasteiger partial charge is 0.321 e. The monoisotopic (exact) mass is 338 g/mol. The molecule has 2 N–H and O–H groups in total. The topological polar surface area (TPSA) is 73.1 Å². The number of benzene rings is 1. The molecule has 22 heavy (non-hydrogen) atoms. The number of aliphatic imine (C=N–C) groups is 1. The molecule has 1 fully saturated rings. The van der Waals surface area contributed by atoms with E-state index in [9.17, 15) is 15.0 Å². The van der Waals surface area contributed by atoms with Crippen LogP contribution >= 0.6 is 23.5 Å². The fraction of sp³-hybridized carbons (Fsp3) is 0.467. The molecule has 1 aromatic carbocycles. The van der Waals surface area contributed by atoms with E-state index in [1.54, 1.807) is 29.6 Å². The number of thioether (sulfide) groups is 2. The molecule has 0 unspecified atom stereocenters. The van der Waals surface area contributed by atoms with Crippen LogP contribution in [0.2, 0.25) is 0 Å². The molecule has 0 radical (unpaired) electrons. The van der Waals surface area contributed by atoms with Gasteiger partial charge in [0.15, 0.2) is 0 Å². The Bertz CT molecular complexity index is 635. The molecule has 2 heterocycles. The summed E-state index contributed by atoms with van der Waals surface area (Å²) in [5.74, 6) is 0.881. The Kier molecular flexibility index (Phi) is 4.38. The van der Waals surface area contributed by atoms with E-state index in [-0.39, 0.29) is 17.2 Å². The molecule has 0 saturated carbocycles. The summed E-state index contributed by atoms with van der Waals surface area (Å²) in [5.41, 5.74) is 1.85. The summed E-state index contributed by atoms with van der Waals surface area (Å²) in [6.45, 7) is 1.98. The van der Waals surface area contributed by atoms with Crippen molar-refractivity contribution in [1.29, 1.82) is 0 Å². The summed E-state index contributed by atoms with van der Waals surface area (Å²) >= 11 is 3.28. The molecule has 0 bridgehead atoms. The van der Waals surface area contributed by atoms with Crippen molar-refractivity contribution in [2.24, 2.45) is 4.99 Å². The van der Waals surface area contributed by atoms with Crippen LogP contribution in [0.15, 0.2) is 23.2 Å². The van der Waals surface area contributed by atoms with Crippen molar-refractivity contribution >= 4 is 34.5 Å². The lowest BCUT2D eigenvalue weighted by molar-refractivity contribution is -0.141. The maximum Gasteiger partial charge on any atom is 0.321 e. The molecule has 0 aliphatic carbocycles. The summed E-state index contributed by atoms with van der Waals surface area (Å²) in [6, 6.07) is 5.12. The molecule has 0 spiro atoms. The van der Waals surface area contributed by atoms with E-state index in [4.69, 9.17) is 4.99 Å². The van der Waals surface area contributed by atoms with Crippen LogP contribution in [0, 0.1) is 6.92 Å². The normalized spacial score (nSPS) is 28.8. The minimum atomic E-state index is -0.774. The molecule has 7 heteroatoms. The fourth-order valence-corrected chi connectivity index (χ4v) is 5.49. The van der Waals surface area contributed by atoms with Gasteiger partial charge in [0, 0.05) is 17.1 Å². The average molecular weight is 338 g/mol. The SMILES string of the molecule is Cc1ccc(O)c(C2=N[C@@H]([C@H]3SC[C@H](C(=O)O)N3C)CS2)c1. The van der Waals surface area contributed by atoms with Gasteiger partial charge in [0.1, 0.15) is 16.8 Å². The molecule has 1 saturated heterocycles. The zero-order chi connectivity index (χ0) is 15.9. The van der Waals surface area contributed by atoms with Gasteiger partial charge in [0.2, 0.25) is 0 Å². The van der Waals surface area contributed by atoms with E-state index in [2.05, 4.69) is 0 Å². The maximum atomic E-state index is 11.2. The minimum Gasteiger partial charge on any atom is -0.507 e. The number of phenols is 1. The van der Waals surface area contributed by atoms with Crippen molar-refractivity contribution < 1.29 is 15.0 Å². The predicted molar refractivity (Wildman–Crippen MR) is 91.1 cm³/mol. The van der Waals surface area contributed by atoms with Crippen LogP contribution in [0.4, 0.5) is 0 Å².